The Labute approximate surface area is 74.0 Å². The van der Waals surface area contributed by atoms with Crippen molar-refractivity contribution in [3.8, 4) is 0 Å². The minimum atomic E-state index is -6.00. The zero-order valence-electron chi connectivity index (χ0n) is 3.09. The molecular formula is H3BBaF4. The van der Waals surface area contributed by atoms with Crippen LogP contribution in [-0.4, -0.2) is 56.1 Å². The maximum atomic E-state index is 9.75. The van der Waals surface area contributed by atoms with E-state index in [4.69, 9.17) is 0 Å². The Morgan fingerprint density at radius 3 is 1.00 bits per heavy atom. The van der Waals surface area contributed by atoms with Crippen molar-refractivity contribution in [3.63, 3.8) is 0 Å². The van der Waals surface area contributed by atoms with Gasteiger partial charge in [0.15, 0.2) is 0 Å². The smallest absolute Gasteiger partial charge is 1.00 e. The van der Waals surface area contributed by atoms with Gasteiger partial charge in [-0.05, 0) is 0 Å². The van der Waals surface area contributed by atoms with Crippen LogP contribution in [-0.2, 0) is 0 Å². The van der Waals surface area contributed by atoms with Crippen molar-refractivity contribution in [2.24, 2.45) is 0 Å². The van der Waals surface area contributed by atoms with Crippen LogP contribution in [0.4, 0.5) is 17.3 Å². The first-order chi connectivity index (χ1) is 2.00. The Balaban J connectivity index is -0.0000000800. The molecule has 0 bridgehead atoms. The Morgan fingerprint density at radius 2 is 1.00 bits per heavy atom. The molecule has 0 aliphatic heterocycles. The molecule has 0 saturated carbocycles. The van der Waals surface area contributed by atoms with Gasteiger partial charge in [-0.25, -0.2) is 0 Å². The minimum Gasteiger partial charge on any atom is 1.00 e. The van der Waals surface area contributed by atoms with E-state index in [-0.39, 0.29) is 50.3 Å². The van der Waals surface area contributed by atoms with Crippen LogP contribution in [0.3, 0.4) is 0 Å². The number of hydrogen-bond acceptors (Lipinski definition) is 0. The summed E-state index contributed by atoms with van der Waals surface area (Å²) in [5.74, 6) is 0. The molecule has 6 heteroatoms. The standard InChI is InChI=1S/BF4.Ba.2H/c2-1(3,4)5;;;/q-1;;;/p+1. The van der Waals surface area contributed by atoms with E-state index in [1.165, 1.54) is 0 Å². The molecule has 0 aliphatic rings. The third kappa shape index (κ3) is 55.3. The molecule has 0 aromatic rings. The maximum absolute atomic E-state index is 9.75. The van der Waals surface area contributed by atoms with Gasteiger partial charge < -0.3 is 17.3 Å². The summed E-state index contributed by atoms with van der Waals surface area (Å²) in [5, 5.41) is 0. The van der Waals surface area contributed by atoms with Gasteiger partial charge in [-0.15, -0.1) is 0 Å². The van der Waals surface area contributed by atoms with Gasteiger partial charge in [-0.2, -0.15) is 0 Å². The second-order valence-corrected chi connectivity index (χ2v) is 0.495. The van der Waals surface area contributed by atoms with E-state index in [1.54, 1.807) is 0 Å². The summed E-state index contributed by atoms with van der Waals surface area (Å²) in [6.07, 6.45) is 0. The molecule has 0 aromatic carbocycles. The van der Waals surface area contributed by atoms with Crippen molar-refractivity contribution in [2.45, 2.75) is 0 Å². The summed E-state index contributed by atoms with van der Waals surface area (Å²) in [6, 6.07) is 0. The van der Waals surface area contributed by atoms with E-state index >= 15 is 0 Å². The average molecular weight is 227 g/mol. The quantitative estimate of drug-likeness (QED) is 0.417. The van der Waals surface area contributed by atoms with Gasteiger partial charge in [0.05, 0.1) is 0 Å². The van der Waals surface area contributed by atoms with Crippen LogP contribution in [0.15, 0.2) is 0 Å². The first kappa shape index (κ1) is 10.4. The van der Waals surface area contributed by atoms with Crippen LogP contribution in [0.5, 0.6) is 0 Å². The fraction of sp³-hybridized carbons (Fsp3) is 0. The molecule has 0 atom stereocenters. The molecule has 0 unspecified atom stereocenters. The topological polar surface area (TPSA) is 0 Å². The van der Waals surface area contributed by atoms with Crippen LogP contribution in [0.2, 0.25) is 0 Å². The van der Waals surface area contributed by atoms with Crippen molar-refractivity contribution in [1.29, 1.82) is 0 Å². The fourth-order valence-corrected chi connectivity index (χ4v) is 0. The van der Waals surface area contributed by atoms with Crippen LogP contribution in [0.25, 0.3) is 0 Å². The second kappa shape index (κ2) is 3.37. The Bertz CT molecular complexity index is 27.2. The molecule has 0 nitrogen and oxygen atoms in total. The predicted octanol–water partition coefficient (Wildman–Crippen LogP) is 0.496. The molecular weight excluding hydrogens is 224 g/mol. The van der Waals surface area contributed by atoms with Gasteiger partial charge in [-0.3, -0.25) is 0 Å². The molecule has 0 fully saturated rings. The van der Waals surface area contributed by atoms with Crippen LogP contribution < -0.4 is 0 Å². The second-order valence-electron chi connectivity index (χ2n) is 0.495. The molecule has 0 saturated heterocycles. The molecule has 0 radical (unpaired) electrons. The van der Waals surface area contributed by atoms with Crippen molar-refractivity contribution >= 4 is 56.1 Å². The summed E-state index contributed by atoms with van der Waals surface area (Å²) in [4.78, 5) is 0. The van der Waals surface area contributed by atoms with Crippen molar-refractivity contribution < 1.29 is 18.7 Å². The number of rotatable bonds is 0. The predicted molar refractivity (Wildman–Crippen MR) is 19.8 cm³/mol. The van der Waals surface area contributed by atoms with E-state index in [2.05, 4.69) is 0 Å². The summed E-state index contributed by atoms with van der Waals surface area (Å²) in [7, 11) is -6.00. The fourth-order valence-electron chi connectivity index (χ4n) is 0. The first-order valence-electron chi connectivity index (χ1n) is 0.873. The van der Waals surface area contributed by atoms with Gasteiger partial charge in [0.1, 0.15) is 0 Å². The zero-order chi connectivity index (χ0) is 4.50. The zero-order valence-corrected chi connectivity index (χ0v) is 2.09. The number of hydrogen-bond donors (Lipinski definition) is 0. The molecule has 0 heterocycles. The largest absolute Gasteiger partial charge is 1.00 e. The summed E-state index contributed by atoms with van der Waals surface area (Å²) in [5.41, 5.74) is 0. The van der Waals surface area contributed by atoms with Crippen LogP contribution in [0.1, 0.15) is 1.43 Å². The van der Waals surface area contributed by atoms with Gasteiger partial charge in [0.2, 0.25) is 0 Å². The van der Waals surface area contributed by atoms with E-state index in [9.17, 15) is 17.3 Å². The van der Waals surface area contributed by atoms with Crippen molar-refractivity contribution in [2.75, 3.05) is 0 Å². The Morgan fingerprint density at radius 1 is 1.00 bits per heavy atom. The van der Waals surface area contributed by atoms with E-state index in [1.807, 2.05) is 0 Å². The van der Waals surface area contributed by atoms with E-state index in [0.717, 1.165) is 0 Å². The molecule has 0 aliphatic carbocycles. The summed E-state index contributed by atoms with van der Waals surface area (Å²) >= 11 is 0. The molecule has 0 rings (SSSR count). The van der Waals surface area contributed by atoms with Gasteiger partial charge in [0.25, 0.3) is 0 Å². The van der Waals surface area contributed by atoms with Gasteiger partial charge in [-0.1, -0.05) is 0 Å². The minimum absolute atomic E-state index is 0. The van der Waals surface area contributed by atoms with Crippen molar-refractivity contribution in [1.82, 2.24) is 0 Å². The maximum Gasteiger partial charge on any atom is 1.00 e. The number of halogens is 4. The summed E-state index contributed by atoms with van der Waals surface area (Å²) < 4.78 is 39.0. The molecule has 6 heavy (non-hydrogen) atoms. The molecule has 0 spiro atoms. The normalized spacial score (nSPS) is 10.0. The van der Waals surface area contributed by atoms with Crippen LogP contribution >= 0.6 is 0 Å². The average Bonchev–Trinajstić information content (AvgIpc) is 0.722. The molecule has 0 aromatic heterocycles. The van der Waals surface area contributed by atoms with Crippen LogP contribution in [0, 0.1) is 0 Å². The molecule has 36 valence electrons. The first-order valence-corrected chi connectivity index (χ1v) is 0.873. The molecule has 0 amide bonds. The SMILES string of the molecule is F[B-](F)(F)F.[BaH2].[H+]. The third-order valence-corrected chi connectivity index (χ3v) is 0. The van der Waals surface area contributed by atoms with E-state index < -0.39 is 7.25 Å². The van der Waals surface area contributed by atoms with Crippen molar-refractivity contribution in [3.05, 3.63) is 0 Å². The third-order valence-electron chi connectivity index (χ3n) is 0. The van der Waals surface area contributed by atoms with Gasteiger partial charge in [0, 0.05) is 0 Å². The molecule has 0 N–H and O–H groups in total. The Hall–Kier alpha value is 1.36. The Kier molecular flexibility index (Phi) is 5.82. The van der Waals surface area contributed by atoms with Gasteiger partial charge >= 0.3 is 57.6 Å². The summed E-state index contributed by atoms with van der Waals surface area (Å²) in [6.45, 7) is 0. The monoisotopic (exact) mass is 228 g/mol. The van der Waals surface area contributed by atoms with E-state index in [0.29, 0.717) is 0 Å².